The maximum atomic E-state index is 11.1. The van der Waals surface area contributed by atoms with Gasteiger partial charge in [0.2, 0.25) is 0 Å². The average Bonchev–Trinajstić information content (AvgIpc) is 2.67. The number of carbonyl (C=O) groups is 1. The lowest BCUT2D eigenvalue weighted by molar-refractivity contribution is 0.0697. The van der Waals surface area contributed by atoms with Crippen LogP contribution in [-0.4, -0.2) is 33.3 Å². The molecule has 0 saturated carbocycles. The maximum Gasteiger partial charge on any atom is 0.335 e. The van der Waals surface area contributed by atoms with Crippen molar-refractivity contribution < 1.29 is 15.0 Å². The van der Waals surface area contributed by atoms with Crippen molar-refractivity contribution in [3.05, 3.63) is 59.8 Å². The van der Waals surface area contributed by atoms with Gasteiger partial charge in [0.05, 0.1) is 29.3 Å². The number of aromatic nitrogens is 1. The highest BCUT2D eigenvalue weighted by Crippen LogP contribution is 2.34. The quantitative estimate of drug-likeness (QED) is 0.640. The van der Waals surface area contributed by atoms with E-state index >= 15 is 0 Å². The van der Waals surface area contributed by atoms with Crippen LogP contribution in [0.5, 0.6) is 0 Å². The van der Waals surface area contributed by atoms with Crippen LogP contribution in [-0.2, 0) is 0 Å². The third-order valence-corrected chi connectivity index (χ3v) is 4.33. The van der Waals surface area contributed by atoms with E-state index in [2.05, 4.69) is 16.4 Å². The lowest BCUT2D eigenvalue weighted by atomic mass is 9.95. The molecule has 136 valence electrons. The van der Waals surface area contributed by atoms with Gasteiger partial charge >= 0.3 is 5.97 Å². The summed E-state index contributed by atoms with van der Waals surface area (Å²) >= 11 is 0. The number of aliphatic hydroxyl groups is 1. The molecule has 1 heterocycles. The molecule has 0 bridgehead atoms. The number of anilines is 1. The number of nitrogens with zero attached hydrogens (tertiary/aromatic N) is 2. The number of hydrogen-bond donors (Lipinski definition) is 3. The van der Waals surface area contributed by atoms with Crippen LogP contribution < -0.4 is 5.32 Å². The fourth-order valence-corrected chi connectivity index (χ4v) is 2.87. The predicted molar refractivity (Wildman–Crippen MR) is 104 cm³/mol. The summed E-state index contributed by atoms with van der Waals surface area (Å²) in [6.07, 6.45) is 1.66. The Morgan fingerprint density at radius 2 is 1.93 bits per heavy atom. The van der Waals surface area contributed by atoms with Gasteiger partial charge in [0.25, 0.3) is 0 Å². The van der Waals surface area contributed by atoms with E-state index in [0.29, 0.717) is 11.4 Å². The molecule has 1 aromatic heterocycles. The number of carboxylic acids is 1. The van der Waals surface area contributed by atoms with Crippen LogP contribution in [0.2, 0.25) is 0 Å². The van der Waals surface area contributed by atoms with Crippen molar-refractivity contribution in [2.45, 2.75) is 19.4 Å². The summed E-state index contributed by atoms with van der Waals surface area (Å²) in [5.41, 5.74) is 1.63. The molecule has 27 heavy (non-hydrogen) atoms. The van der Waals surface area contributed by atoms with Gasteiger partial charge in [0, 0.05) is 22.5 Å². The molecule has 3 N–H and O–H groups in total. The van der Waals surface area contributed by atoms with Crippen LogP contribution in [0.25, 0.3) is 21.9 Å². The predicted octanol–water partition coefficient (Wildman–Crippen LogP) is 3.65. The summed E-state index contributed by atoms with van der Waals surface area (Å²) in [7, 11) is 0. The van der Waals surface area contributed by atoms with E-state index in [-0.39, 0.29) is 12.2 Å². The zero-order chi connectivity index (χ0) is 19.6. The fraction of sp³-hybridized carbons (Fsp3) is 0.190. The van der Waals surface area contributed by atoms with E-state index in [1.165, 1.54) is 12.1 Å². The Kier molecular flexibility index (Phi) is 4.80. The first-order valence-electron chi connectivity index (χ1n) is 8.41. The number of pyridine rings is 1. The zero-order valence-electron chi connectivity index (χ0n) is 15.0. The number of carboxylic acid groups (broad SMARTS) is 1. The van der Waals surface area contributed by atoms with Gasteiger partial charge in [0.15, 0.2) is 0 Å². The second-order valence-electron chi connectivity index (χ2n) is 6.91. The molecule has 0 aliphatic rings. The molecule has 0 spiro atoms. The van der Waals surface area contributed by atoms with Gasteiger partial charge in [-0.25, -0.2) is 9.78 Å². The Morgan fingerprint density at radius 3 is 2.52 bits per heavy atom. The molecule has 3 aromatic rings. The van der Waals surface area contributed by atoms with Crippen LogP contribution >= 0.6 is 0 Å². The minimum absolute atomic E-state index is 0.0769. The molecule has 0 saturated heterocycles. The van der Waals surface area contributed by atoms with E-state index in [4.69, 9.17) is 5.11 Å². The lowest BCUT2D eigenvalue weighted by Crippen LogP contribution is -2.35. The van der Waals surface area contributed by atoms with Crippen molar-refractivity contribution in [1.29, 1.82) is 5.26 Å². The van der Waals surface area contributed by atoms with E-state index < -0.39 is 11.5 Å². The number of benzene rings is 2. The SMILES string of the molecule is CC(C)(CO)Nc1ncc(-c2ccc(C(=O)O)cc2)c2c(C#N)cccc12. The molecule has 0 unspecified atom stereocenters. The highest BCUT2D eigenvalue weighted by Gasteiger charge is 2.20. The Balaban J connectivity index is 2.23. The number of rotatable bonds is 5. The van der Waals surface area contributed by atoms with Crippen LogP contribution in [0.4, 0.5) is 5.82 Å². The topological polar surface area (TPSA) is 106 Å². The highest BCUT2D eigenvalue weighted by atomic mass is 16.4. The van der Waals surface area contributed by atoms with Crippen molar-refractivity contribution in [3.63, 3.8) is 0 Å². The van der Waals surface area contributed by atoms with Crippen LogP contribution in [0.3, 0.4) is 0 Å². The molecule has 0 fully saturated rings. The Hall–Kier alpha value is -3.43. The largest absolute Gasteiger partial charge is 0.478 e. The summed E-state index contributed by atoms with van der Waals surface area (Å²) in [4.78, 5) is 15.6. The van der Waals surface area contributed by atoms with E-state index in [1.54, 1.807) is 30.5 Å². The Bertz CT molecular complexity index is 1050. The van der Waals surface area contributed by atoms with E-state index in [0.717, 1.165) is 21.9 Å². The third-order valence-electron chi connectivity index (χ3n) is 4.33. The second kappa shape index (κ2) is 7.06. The molecule has 0 amide bonds. The molecular weight excluding hydrogens is 342 g/mol. The van der Waals surface area contributed by atoms with Gasteiger partial charge < -0.3 is 15.5 Å². The summed E-state index contributed by atoms with van der Waals surface area (Å²) in [6, 6.07) is 14.1. The molecule has 6 nitrogen and oxygen atoms in total. The van der Waals surface area contributed by atoms with Gasteiger partial charge in [0.1, 0.15) is 5.82 Å². The zero-order valence-corrected chi connectivity index (χ0v) is 15.0. The first-order valence-corrected chi connectivity index (χ1v) is 8.41. The van der Waals surface area contributed by atoms with Crippen molar-refractivity contribution in [2.75, 3.05) is 11.9 Å². The van der Waals surface area contributed by atoms with Crippen LogP contribution in [0.15, 0.2) is 48.7 Å². The molecular formula is C21H19N3O3. The highest BCUT2D eigenvalue weighted by molar-refractivity contribution is 6.05. The van der Waals surface area contributed by atoms with Gasteiger partial charge in [-0.1, -0.05) is 24.3 Å². The molecule has 0 aliphatic carbocycles. The minimum atomic E-state index is -0.993. The van der Waals surface area contributed by atoms with Crippen molar-refractivity contribution in [2.24, 2.45) is 0 Å². The Labute approximate surface area is 156 Å². The molecule has 0 radical (unpaired) electrons. The molecule has 3 rings (SSSR count). The lowest BCUT2D eigenvalue weighted by Gasteiger charge is -2.25. The van der Waals surface area contributed by atoms with Crippen molar-refractivity contribution in [1.82, 2.24) is 4.98 Å². The molecule has 6 heteroatoms. The van der Waals surface area contributed by atoms with Gasteiger partial charge in [-0.3, -0.25) is 0 Å². The number of aliphatic hydroxyl groups excluding tert-OH is 1. The van der Waals surface area contributed by atoms with E-state index in [9.17, 15) is 15.2 Å². The second-order valence-corrected chi connectivity index (χ2v) is 6.91. The summed E-state index contributed by atoms with van der Waals surface area (Å²) in [6.45, 7) is 3.63. The molecule has 2 aromatic carbocycles. The summed E-state index contributed by atoms with van der Waals surface area (Å²) in [5.74, 6) is -0.417. The van der Waals surface area contributed by atoms with E-state index in [1.807, 2.05) is 19.9 Å². The van der Waals surface area contributed by atoms with Gasteiger partial charge in [-0.2, -0.15) is 5.26 Å². The fourth-order valence-electron chi connectivity index (χ4n) is 2.87. The number of nitrogens with one attached hydrogen (secondary N) is 1. The van der Waals surface area contributed by atoms with Gasteiger partial charge in [-0.05, 0) is 37.6 Å². The monoisotopic (exact) mass is 361 g/mol. The number of fused-ring (bicyclic) bond motifs is 1. The van der Waals surface area contributed by atoms with Crippen LogP contribution in [0, 0.1) is 11.3 Å². The van der Waals surface area contributed by atoms with Gasteiger partial charge in [-0.15, -0.1) is 0 Å². The Morgan fingerprint density at radius 1 is 1.22 bits per heavy atom. The first-order chi connectivity index (χ1) is 12.9. The third kappa shape index (κ3) is 3.59. The van der Waals surface area contributed by atoms with Crippen molar-refractivity contribution in [3.8, 4) is 17.2 Å². The van der Waals surface area contributed by atoms with Crippen LogP contribution in [0.1, 0.15) is 29.8 Å². The van der Waals surface area contributed by atoms with Crippen molar-refractivity contribution >= 4 is 22.6 Å². The summed E-state index contributed by atoms with van der Waals surface area (Å²) < 4.78 is 0. The summed E-state index contributed by atoms with van der Waals surface area (Å²) in [5, 5.41) is 32.9. The standard InChI is InChI=1S/C21H19N3O3/c1-21(2,12-25)24-19-16-5-3-4-15(10-22)18(16)17(11-23-19)13-6-8-14(9-7-13)20(26)27/h3-9,11,25H,12H2,1-2H3,(H,23,24)(H,26,27). The minimum Gasteiger partial charge on any atom is -0.478 e. The average molecular weight is 361 g/mol. The number of nitriles is 1. The maximum absolute atomic E-state index is 11.1. The first kappa shape index (κ1) is 18.4. The molecule has 0 aliphatic heterocycles. The number of hydrogen-bond acceptors (Lipinski definition) is 5. The normalized spacial score (nSPS) is 11.2. The number of aromatic carboxylic acids is 1. The smallest absolute Gasteiger partial charge is 0.335 e. The molecule has 0 atom stereocenters.